The second kappa shape index (κ2) is 6.06. The lowest BCUT2D eigenvalue weighted by atomic mass is 10.1. The van der Waals surface area contributed by atoms with Crippen molar-refractivity contribution in [2.45, 2.75) is 25.8 Å². The highest BCUT2D eigenvalue weighted by atomic mass is 79.9. The molecule has 1 aliphatic heterocycles. The van der Waals surface area contributed by atoms with Gasteiger partial charge in [-0.25, -0.2) is 0 Å². The molecule has 0 bridgehead atoms. The maximum atomic E-state index is 4.58. The number of aromatic nitrogens is 2. The lowest BCUT2D eigenvalue weighted by Crippen LogP contribution is -2.37. The summed E-state index contributed by atoms with van der Waals surface area (Å²) in [6.45, 7) is 5.44. The number of hydrogen-bond acceptors (Lipinski definition) is 4. The molecular weight excluding hydrogens is 316 g/mol. The fraction of sp³-hybridized carbons (Fsp3) is 0.467. The molecule has 2 aromatic heterocycles. The minimum absolute atomic E-state index is 0.561. The van der Waals surface area contributed by atoms with Crippen LogP contribution < -0.4 is 10.2 Å². The van der Waals surface area contributed by atoms with Crippen molar-refractivity contribution >= 4 is 32.7 Å². The number of fused-ring (bicyclic) bond motifs is 1. The molecule has 1 fully saturated rings. The molecule has 1 N–H and O–H groups in total. The van der Waals surface area contributed by atoms with E-state index in [9.17, 15) is 0 Å². The molecule has 1 aliphatic rings. The number of pyridine rings is 2. The zero-order chi connectivity index (χ0) is 13.9. The Morgan fingerprint density at radius 2 is 2.35 bits per heavy atom. The molecule has 1 unspecified atom stereocenters. The number of halogens is 1. The summed E-state index contributed by atoms with van der Waals surface area (Å²) >= 11 is 3.46. The monoisotopic (exact) mass is 334 g/mol. The highest BCUT2D eigenvalue weighted by Crippen LogP contribution is 2.28. The Morgan fingerprint density at radius 3 is 3.10 bits per heavy atom. The highest BCUT2D eigenvalue weighted by molar-refractivity contribution is 9.10. The second-order valence-electron chi connectivity index (χ2n) is 5.19. The molecule has 0 spiro atoms. The molecule has 106 valence electrons. The lowest BCUT2D eigenvalue weighted by molar-refractivity contribution is 0.626. The van der Waals surface area contributed by atoms with E-state index in [2.05, 4.69) is 49.1 Å². The Bertz CT molecular complexity index is 595. The van der Waals surface area contributed by atoms with Gasteiger partial charge >= 0.3 is 0 Å². The number of nitrogens with one attached hydrogen (secondary N) is 1. The Morgan fingerprint density at radius 1 is 1.45 bits per heavy atom. The van der Waals surface area contributed by atoms with Gasteiger partial charge in [0.05, 0.1) is 11.2 Å². The fourth-order valence-electron chi connectivity index (χ4n) is 2.87. The molecule has 3 rings (SSSR count). The first kappa shape index (κ1) is 13.8. The first-order valence-electron chi connectivity index (χ1n) is 7.17. The Hall–Kier alpha value is -1.20. The maximum Gasteiger partial charge on any atom is 0.112 e. The smallest absolute Gasteiger partial charge is 0.112 e. The van der Waals surface area contributed by atoms with Crippen LogP contribution in [0.2, 0.25) is 0 Å². The van der Waals surface area contributed by atoms with E-state index >= 15 is 0 Å². The highest BCUT2D eigenvalue weighted by Gasteiger charge is 2.23. The van der Waals surface area contributed by atoms with E-state index < -0.39 is 0 Å². The van der Waals surface area contributed by atoms with Gasteiger partial charge in [-0.05, 0) is 47.4 Å². The molecule has 2 aromatic rings. The number of rotatable bonds is 4. The van der Waals surface area contributed by atoms with Crippen molar-refractivity contribution < 1.29 is 0 Å². The van der Waals surface area contributed by atoms with E-state index in [4.69, 9.17) is 0 Å². The van der Waals surface area contributed by atoms with E-state index in [-0.39, 0.29) is 0 Å². The summed E-state index contributed by atoms with van der Waals surface area (Å²) < 4.78 is 0.972. The third-order valence-electron chi connectivity index (χ3n) is 3.77. The van der Waals surface area contributed by atoms with Crippen LogP contribution in [0.15, 0.2) is 29.0 Å². The van der Waals surface area contributed by atoms with Gasteiger partial charge in [0.2, 0.25) is 0 Å². The molecule has 0 amide bonds. The molecule has 5 heteroatoms. The van der Waals surface area contributed by atoms with Crippen LogP contribution in [0.25, 0.3) is 11.0 Å². The van der Waals surface area contributed by atoms with E-state index in [1.165, 1.54) is 12.1 Å². The van der Waals surface area contributed by atoms with E-state index in [1.54, 1.807) is 0 Å². The van der Waals surface area contributed by atoms with Crippen molar-refractivity contribution in [3.63, 3.8) is 0 Å². The molecule has 20 heavy (non-hydrogen) atoms. The number of anilines is 1. The van der Waals surface area contributed by atoms with Gasteiger partial charge in [-0.2, -0.15) is 0 Å². The van der Waals surface area contributed by atoms with Crippen molar-refractivity contribution in [2.75, 3.05) is 24.5 Å². The largest absolute Gasteiger partial charge is 0.365 e. The third kappa shape index (κ3) is 2.65. The zero-order valence-electron chi connectivity index (χ0n) is 11.6. The van der Waals surface area contributed by atoms with Crippen LogP contribution in [0.3, 0.4) is 0 Å². The van der Waals surface area contributed by atoms with Crippen molar-refractivity contribution in [2.24, 2.45) is 0 Å². The lowest BCUT2D eigenvalue weighted by Gasteiger charge is -2.30. The van der Waals surface area contributed by atoms with Gasteiger partial charge in [0.15, 0.2) is 0 Å². The first-order valence-corrected chi connectivity index (χ1v) is 7.96. The van der Waals surface area contributed by atoms with E-state index in [1.807, 2.05) is 18.5 Å². The number of nitrogens with zero attached hydrogens (tertiary/aromatic N) is 3. The SMILES string of the molecule is CCCN(c1ccnc2cc(Br)cnc12)C1CCNC1. The Kier molecular flexibility index (Phi) is 4.17. The molecule has 0 aromatic carbocycles. The quantitative estimate of drug-likeness (QED) is 0.933. The van der Waals surface area contributed by atoms with Crippen LogP contribution in [0.5, 0.6) is 0 Å². The molecule has 0 saturated carbocycles. The molecule has 0 radical (unpaired) electrons. The van der Waals surface area contributed by atoms with Gasteiger partial charge in [-0.1, -0.05) is 6.92 Å². The summed E-state index contributed by atoms with van der Waals surface area (Å²) in [5.74, 6) is 0. The van der Waals surface area contributed by atoms with Gasteiger partial charge in [0, 0.05) is 36.0 Å². The van der Waals surface area contributed by atoms with Gasteiger partial charge in [-0.15, -0.1) is 0 Å². The first-order chi connectivity index (χ1) is 9.79. The Labute approximate surface area is 127 Å². The fourth-order valence-corrected chi connectivity index (χ4v) is 3.19. The molecule has 1 atom stereocenters. The van der Waals surface area contributed by atoms with Crippen LogP contribution in [0, 0.1) is 0 Å². The average molecular weight is 335 g/mol. The zero-order valence-corrected chi connectivity index (χ0v) is 13.2. The van der Waals surface area contributed by atoms with Crippen LogP contribution >= 0.6 is 15.9 Å². The predicted molar refractivity (Wildman–Crippen MR) is 86.1 cm³/mol. The summed E-state index contributed by atoms with van der Waals surface area (Å²) in [6, 6.07) is 4.69. The number of hydrogen-bond donors (Lipinski definition) is 1. The van der Waals surface area contributed by atoms with Crippen LogP contribution in [0.1, 0.15) is 19.8 Å². The molecule has 1 saturated heterocycles. The van der Waals surface area contributed by atoms with Crippen LogP contribution in [-0.2, 0) is 0 Å². The van der Waals surface area contributed by atoms with Gasteiger partial charge < -0.3 is 10.2 Å². The van der Waals surface area contributed by atoms with Crippen molar-refractivity contribution in [3.8, 4) is 0 Å². The summed E-state index contributed by atoms with van der Waals surface area (Å²) in [4.78, 5) is 11.5. The third-order valence-corrected chi connectivity index (χ3v) is 4.21. The van der Waals surface area contributed by atoms with Crippen molar-refractivity contribution in [3.05, 3.63) is 29.0 Å². The average Bonchev–Trinajstić information content (AvgIpc) is 2.98. The van der Waals surface area contributed by atoms with Gasteiger partial charge in [0.1, 0.15) is 5.52 Å². The van der Waals surface area contributed by atoms with Crippen LogP contribution in [0.4, 0.5) is 5.69 Å². The summed E-state index contributed by atoms with van der Waals surface area (Å²) in [5.41, 5.74) is 3.15. The summed E-state index contributed by atoms with van der Waals surface area (Å²) in [6.07, 6.45) is 6.07. The second-order valence-corrected chi connectivity index (χ2v) is 6.11. The minimum atomic E-state index is 0.561. The molecular formula is C15H19BrN4. The summed E-state index contributed by atoms with van der Waals surface area (Å²) in [7, 11) is 0. The molecule has 0 aliphatic carbocycles. The Balaban J connectivity index is 2.05. The normalized spacial score (nSPS) is 18.6. The van der Waals surface area contributed by atoms with E-state index in [0.717, 1.165) is 41.6 Å². The predicted octanol–water partition coefficient (Wildman–Crippen LogP) is 2.97. The summed E-state index contributed by atoms with van der Waals surface area (Å²) in [5, 5.41) is 3.45. The van der Waals surface area contributed by atoms with Crippen molar-refractivity contribution in [1.82, 2.24) is 15.3 Å². The minimum Gasteiger partial charge on any atom is -0.365 e. The molecule has 4 nitrogen and oxygen atoms in total. The topological polar surface area (TPSA) is 41.1 Å². The standard InChI is InChI=1S/C15H19BrN4/c1-2-7-20(12-3-5-17-10-12)14-4-6-18-13-8-11(16)9-19-15(13)14/h4,6,8-9,12,17H,2-3,5,7,10H2,1H3. The van der Waals surface area contributed by atoms with Crippen molar-refractivity contribution in [1.29, 1.82) is 0 Å². The van der Waals surface area contributed by atoms with Gasteiger partial charge in [-0.3, -0.25) is 9.97 Å². The molecule has 3 heterocycles. The van der Waals surface area contributed by atoms with E-state index in [0.29, 0.717) is 6.04 Å². The van der Waals surface area contributed by atoms with Gasteiger partial charge in [0.25, 0.3) is 0 Å². The van der Waals surface area contributed by atoms with Crippen LogP contribution in [-0.4, -0.2) is 35.6 Å². The maximum absolute atomic E-state index is 4.58.